The lowest BCUT2D eigenvalue weighted by atomic mass is 10.0. The average Bonchev–Trinajstić information content (AvgIpc) is 3.17. The first-order valence-electron chi connectivity index (χ1n) is 9.06. The second-order valence-electron chi connectivity index (χ2n) is 6.78. The van der Waals surface area contributed by atoms with E-state index < -0.39 is 15.9 Å². The highest BCUT2D eigenvalue weighted by Gasteiger charge is 2.25. The van der Waals surface area contributed by atoms with Crippen LogP contribution in [0.3, 0.4) is 0 Å². The summed E-state index contributed by atoms with van der Waals surface area (Å²) in [6, 6.07) is 11.4. The normalized spacial score (nSPS) is 15.7. The van der Waals surface area contributed by atoms with Crippen LogP contribution in [-0.4, -0.2) is 32.3 Å². The molecule has 0 saturated carbocycles. The summed E-state index contributed by atoms with van der Waals surface area (Å²) in [6.45, 7) is 0.458. The molecule has 30 heavy (non-hydrogen) atoms. The largest absolute Gasteiger partial charge is 0.492 e. The molecule has 2 N–H and O–H groups in total. The van der Waals surface area contributed by atoms with Gasteiger partial charge in [0.15, 0.2) is 9.84 Å². The lowest BCUT2D eigenvalue weighted by molar-refractivity contribution is 0.232. The standard InChI is InChI=1S/C20H18ClN3O4S2/c1-30(26,27)13-5-2-4-12(10-13)19-23-17(11-29-19)24-20(25)22-16-8-9-28-18-14(16)6-3-7-15(18)21/h2-7,10-11,16H,8-9H2,1H3,(H2,22,24,25)/t16-/m0/s1. The molecule has 2 amide bonds. The van der Waals surface area contributed by atoms with E-state index >= 15 is 0 Å². The summed E-state index contributed by atoms with van der Waals surface area (Å²) in [5.41, 5.74) is 1.50. The molecule has 0 saturated heterocycles. The minimum Gasteiger partial charge on any atom is -0.492 e. The number of amides is 2. The molecule has 7 nitrogen and oxygen atoms in total. The molecule has 0 unspecified atom stereocenters. The van der Waals surface area contributed by atoms with Crippen LogP contribution in [-0.2, 0) is 9.84 Å². The summed E-state index contributed by atoms with van der Waals surface area (Å²) in [7, 11) is -3.31. The number of benzene rings is 2. The molecule has 1 aliphatic heterocycles. The van der Waals surface area contributed by atoms with Gasteiger partial charge in [0.05, 0.1) is 22.6 Å². The topological polar surface area (TPSA) is 97.4 Å². The van der Waals surface area contributed by atoms with E-state index in [4.69, 9.17) is 16.3 Å². The predicted octanol–water partition coefficient (Wildman–Crippen LogP) is 4.51. The third kappa shape index (κ3) is 4.43. The van der Waals surface area contributed by atoms with Gasteiger partial charge in [0.25, 0.3) is 0 Å². The number of para-hydroxylation sites is 1. The van der Waals surface area contributed by atoms with E-state index in [1.54, 1.807) is 29.6 Å². The first kappa shape index (κ1) is 20.6. The van der Waals surface area contributed by atoms with Crippen LogP contribution in [0.2, 0.25) is 5.02 Å². The second-order valence-corrected chi connectivity index (χ2v) is 10.1. The zero-order valence-electron chi connectivity index (χ0n) is 15.9. The van der Waals surface area contributed by atoms with E-state index in [9.17, 15) is 13.2 Å². The van der Waals surface area contributed by atoms with Gasteiger partial charge in [0, 0.05) is 29.2 Å². The summed E-state index contributed by atoms with van der Waals surface area (Å²) in [6.07, 6.45) is 1.79. The lowest BCUT2D eigenvalue weighted by Gasteiger charge is -2.27. The van der Waals surface area contributed by atoms with Crippen molar-refractivity contribution in [1.82, 2.24) is 10.3 Å². The summed E-state index contributed by atoms with van der Waals surface area (Å²) in [4.78, 5) is 17.1. The number of rotatable bonds is 4. The Balaban J connectivity index is 1.46. The summed E-state index contributed by atoms with van der Waals surface area (Å²) in [5, 5.41) is 8.48. The molecule has 3 aromatic rings. The van der Waals surface area contributed by atoms with Crippen molar-refractivity contribution >= 4 is 44.6 Å². The van der Waals surface area contributed by atoms with Crippen molar-refractivity contribution in [3.05, 3.63) is 58.4 Å². The molecule has 2 heterocycles. The summed E-state index contributed by atoms with van der Waals surface area (Å²) in [5.74, 6) is 0.980. The fourth-order valence-corrected chi connectivity index (χ4v) is 4.82. The zero-order chi connectivity index (χ0) is 21.3. The van der Waals surface area contributed by atoms with Gasteiger partial charge in [0.2, 0.25) is 0 Å². The molecule has 0 aliphatic carbocycles. The molecule has 1 aromatic heterocycles. The molecule has 1 atom stereocenters. The number of anilines is 1. The van der Waals surface area contributed by atoms with E-state index in [0.717, 1.165) is 11.8 Å². The number of fused-ring (bicyclic) bond motifs is 1. The second kappa shape index (κ2) is 8.25. The van der Waals surface area contributed by atoms with Gasteiger partial charge >= 0.3 is 6.03 Å². The smallest absolute Gasteiger partial charge is 0.320 e. The van der Waals surface area contributed by atoms with Crippen LogP contribution in [0.1, 0.15) is 18.0 Å². The van der Waals surface area contributed by atoms with E-state index in [-0.39, 0.29) is 10.9 Å². The molecule has 10 heteroatoms. The van der Waals surface area contributed by atoms with E-state index in [1.807, 2.05) is 12.1 Å². The predicted molar refractivity (Wildman–Crippen MR) is 117 cm³/mol. The monoisotopic (exact) mass is 463 g/mol. The van der Waals surface area contributed by atoms with Crippen LogP contribution >= 0.6 is 22.9 Å². The van der Waals surface area contributed by atoms with Crippen molar-refractivity contribution in [2.75, 3.05) is 18.2 Å². The maximum Gasteiger partial charge on any atom is 0.320 e. The maximum atomic E-state index is 12.5. The van der Waals surface area contributed by atoms with Crippen molar-refractivity contribution in [3.8, 4) is 16.3 Å². The number of hydrogen-bond acceptors (Lipinski definition) is 6. The maximum absolute atomic E-state index is 12.5. The number of carbonyl (C=O) groups is 1. The Kier molecular flexibility index (Phi) is 5.68. The molecule has 2 aromatic carbocycles. The number of sulfone groups is 1. The Morgan fingerprint density at radius 3 is 2.87 bits per heavy atom. The molecule has 1 aliphatic rings. The first-order valence-corrected chi connectivity index (χ1v) is 12.2. The zero-order valence-corrected chi connectivity index (χ0v) is 18.3. The molecule has 0 radical (unpaired) electrons. The Bertz CT molecular complexity index is 1210. The summed E-state index contributed by atoms with van der Waals surface area (Å²) < 4.78 is 29.1. The third-order valence-electron chi connectivity index (χ3n) is 4.59. The van der Waals surface area contributed by atoms with Crippen LogP contribution in [0.5, 0.6) is 5.75 Å². The summed E-state index contributed by atoms with van der Waals surface area (Å²) >= 11 is 7.49. The fourth-order valence-electron chi connectivity index (χ4n) is 3.17. The molecular formula is C20H18ClN3O4S2. The Morgan fingerprint density at radius 2 is 2.07 bits per heavy atom. The minimum atomic E-state index is -3.31. The van der Waals surface area contributed by atoms with Gasteiger partial charge in [-0.3, -0.25) is 5.32 Å². The molecule has 0 fully saturated rings. The van der Waals surface area contributed by atoms with Gasteiger partial charge in [-0.25, -0.2) is 18.2 Å². The van der Waals surface area contributed by atoms with Crippen LogP contribution in [0.4, 0.5) is 10.6 Å². The van der Waals surface area contributed by atoms with Crippen molar-refractivity contribution in [2.45, 2.75) is 17.4 Å². The highest BCUT2D eigenvalue weighted by atomic mass is 35.5. The number of halogens is 1. The van der Waals surface area contributed by atoms with E-state index in [0.29, 0.717) is 40.2 Å². The van der Waals surface area contributed by atoms with Crippen LogP contribution < -0.4 is 15.4 Å². The Hall–Kier alpha value is -2.62. The van der Waals surface area contributed by atoms with Gasteiger partial charge < -0.3 is 10.1 Å². The first-order chi connectivity index (χ1) is 14.3. The van der Waals surface area contributed by atoms with Crippen molar-refractivity contribution in [3.63, 3.8) is 0 Å². The number of ether oxygens (including phenoxy) is 1. The quantitative estimate of drug-likeness (QED) is 0.593. The molecule has 0 spiro atoms. The van der Waals surface area contributed by atoms with Gasteiger partial charge in [-0.1, -0.05) is 35.9 Å². The number of nitrogens with zero attached hydrogens (tertiary/aromatic N) is 1. The van der Waals surface area contributed by atoms with Crippen LogP contribution in [0.15, 0.2) is 52.7 Å². The molecule has 4 rings (SSSR count). The highest BCUT2D eigenvalue weighted by Crippen LogP contribution is 2.37. The van der Waals surface area contributed by atoms with E-state index in [1.165, 1.54) is 17.4 Å². The van der Waals surface area contributed by atoms with Gasteiger partial charge in [-0.15, -0.1) is 11.3 Å². The van der Waals surface area contributed by atoms with Gasteiger partial charge in [-0.2, -0.15) is 0 Å². The minimum absolute atomic E-state index is 0.222. The van der Waals surface area contributed by atoms with Gasteiger partial charge in [-0.05, 0) is 18.2 Å². The number of urea groups is 1. The van der Waals surface area contributed by atoms with Gasteiger partial charge in [0.1, 0.15) is 16.6 Å². The highest BCUT2D eigenvalue weighted by molar-refractivity contribution is 7.90. The third-order valence-corrected chi connectivity index (χ3v) is 6.89. The Labute approximate surface area is 183 Å². The number of nitrogens with one attached hydrogen (secondary N) is 2. The van der Waals surface area contributed by atoms with Crippen molar-refractivity contribution in [2.24, 2.45) is 0 Å². The number of hydrogen-bond donors (Lipinski definition) is 2. The van der Waals surface area contributed by atoms with Crippen LogP contribution in [0, 0.1) is 0 Å². The van der Waals surface area contributed by atoms with Crippen molar-refractivity contribution in [1.29, 1.82) is 0 Å². The lowest BCUT2D eigenvalue weighted by Crippen LogP contribution is -2.35. The number of aromatic nitrogens is 1. The average molecular weight is 464 g/mol. The molecule has 156 valence electrons. The van der Waals surface area contributed by atoms with Crippen molar-refractivity contribution < 1.29 is 17.9 Å². The molecule has 0 bridgehead atoms. The Morgan fingerprint density at radius 1 is 1.27 bits per heavy atom. The van der Waals surface area contributed by atoms with E-state index in [2.05, 4.69) is 15.6 Å². The number of thiazole rings is 1. The number of carbonyl (C=O) groups excluding carboxylic acids is 1. The fraction of sp³-hybridized carbons (Fsp3) is 0.200. The van der Waals surface area contributed by atoms with Crippen LogP contribution in [0.25, 0.3) is 10.6 Å². The SMILES string of the molecule is CS(=O)(=O)c1cccc(-c2nc(NC(=O)N[C@H]3CCOc4c(Cl)cccc43)cs2)c1. The molecular weight excluding hydrogens is 446 g/mol.